The van der Waals surface area contributed by atoms with Gasteiger partial charge < -0.3 is 16.4 Å². The van der Waals surface area contributed by atoms with Gasteiger partial charge >= 0.3 is 6.18 Å². The Morgan fingerprint density at radius 1 is 0.944 bits per heavy atom. The summed E-state index contributed by atoms with van der Waals surface area (Å²) in [6.07, 6.45) is -0.335. The zero-order valence-electron chi connectivity index (χ0n) is 19.7. The van der Waals surface area contributed by atoms with Crippen LogP contribution in [0.1, 0.15) is 63.4 Å². The molecule has 0 unspecified atom stereocenters. The number of amides is 3. The molecule has 0 radical (unpaired) electrons. The first-order valence-electron chi connectivity index (χ1n) is 12.0. The van der Waals surface area contributed by atoms with Crippen LogP contribution in [0.2, 0.25) is 0 Å². The normalized spacial score (nSPS) is 20.9. The predicted molar refractivity (Wildman–Crippen MR) is 127 cm³/mol. The minimum absolute atomic E-state index is 0.0120. The van der Waals surface area contributed by atoms with Gasteiger partial charge in [0.25, 0.3) is 5.91 Å². The van der Waals surface area contributed by atoms with Gasteiger partial charge in [-0.3, -0.25) is 19.3 Å². The number of likely N-dealkylation sites (tertiary alicyclic amines) is 1. The monoisotopic (exact) mass is 502 g/mol. The average Bonchev–Trinajstić information content (AvgIpc) is 2.84. The zero-order valence-corrected chi connectivity index (χ0v) is 19.7. The highest BCUT2D eigenvalue weighted by atomic mass is 19.4. The van der Waals surface area contributed by atoms with Crippen molar-refractivity contribution in [1.82, 2.24) is 15.5 Å². The molecule has 1 aliphatic heterocycles. The Labute approximate surface area is 207 Å². The van der Waals surface area contributed by atoms with Crippen LogP contribution >= 0.6 is 0 Å². The van der Waals surface area contributed by atoms with E-state index in [9.17, 15) is 27.6 Å². The number of rotatable bonds is 7. The molecule has 2 aromatic rings. The summed E-state index contributed by atoms with van der Waals surface area (Å²) in [7, 11) is 0. The molecule has 0 atom stereocenters. The first-order valence-corrected chi connectivity index (χ1v) is 12.0. The summed E-state index contributed by atoms with van der Waals surface area (Å²) >= 11 is 0. The van der Waals surface area contributed by atoms with Gasteiger partial charge in [0.2, 0.25) is 11.8 Å². The van der Waals surface area contributed by atoms with Crippen molar-refractivity contribution in [2.24, 2.45) is 5.73 Å². The minimum atomic E-state index is -4.54. The van der Waals surface area contributed by atoms with Crippen LogP contribution in [0.15, 0.2) is 48.5 Å². The number of carbonyl (C=O) groups is 3. The van der Waals surface area contributed by atoms with Crippen LogP contribution in [0.4, 0.5) is 13.2 Å². The molecule has 4 rings (SSSR count). The van der Waals surface area contributed by atoms with E-state index in [1.807, 2.05) is 12.1 Å². The molecule has 7 nitrogen and oxygen atoms in total. The van der Waals surface area contributed by atoms with Gasteiger partial charge in [-0.05, 0) is 67.5 Å². The smallest absolute Gasteiger partial charge is 0.366 e. The number of benzene rings is 2. The molecule has 2 fully saturated rings. The van der Waals surface area contributed by atoms with E-state index in [4.69, 9.17) is 5.73 Å². The molecule has 1 saturated heterocycles. The van der Waals surface area contributed by atoms with Crippen molar-refractivity contribution < 1.29 is 27.6 Å². The number of primary amides is 1. The van der Waals surface area contributed by atoms with Gasteiger partial charge in [-0.1, -0.05) is 18.2 Å². The van der Waals surface area contributed by atoms with Gasteiger partial charge in [0, 0.05) is 30.3 Å². The van der Waals surface area contributed by atoms with Crippen LogP contribution in [0, 0.1) is 0 Å². The second-order valence-corrected chi connectivity index (χ2v) is 9.47. The Morgan fingerprint density at radius 3 is 2.22 bits per heavy atom. The molecule has 2 aromatic carbocycles. The Morgan fingerprint density at radius 2 is 1.61 bits per heavy atom. The zero-order chi connectivity index (χ0) is 25.9. The molecular weight excluding hydrogens is 473 g/mol. The molecule has 1 aliphatic carbocycles. The Kier molecular flexibility index (Phi) is 7.63. The number of carbonyl (C=O) groups excluding carboxylic acids is 3. The summed E-state index contributed by atoms with van der Waals surface area (Å²) < 4.78 is 38.5. The third kappa shape index (κ3) is 6.23. The quantitative estimate of drug-likeness (QED) is 0.541. The molecule has 192 valence electrons. The number of nitrogens with two attached hydrogens (primary N) is 1. The van der Waals surface area contributed by atoms with Crippen molar-refractivity contribution in [1.29, 1.82) is 0 Å². The Hall–Kier alpha value is -3.40. The lowest BCUT2D eigenvalue weighted by Gasteiger charge is -2.46. The van der Waals surface area contributed by atoms with Gasteiger partial charge in [0.15, 0.2) is 0 Å². The molecule has 10 heteroatoms. The summed E-state index contributed by atoms with van der Waals surface area (Å²) in [6.45, 7) is 1.16. The lowest BCUT2D eigenvalue weighted by molar-refractivity contribution is -0.137. The number of hydrogen-bond acceptors (Lipinski definition) is 4. The maximum atomic E-state index is 12.8. The van der Waals surface area contributed by atoms with Crippen molar-refractivity contribution in [2.75, 3.05) is 19.6 Å². The van der Waals surface area contributed by atoms with E-state index < -0.39 is 23.6 Å². The largest absolute Gasteiger partial charge is 0.416 e. The van der Waals surface area contributed by atoms with Crippen molar-refractivity contribution in [3.8, 4) is 0 Å². The molecule has 1 saturated carbocycles. The van der Waals surface area contributed by atoms with Crippen LogP contribution in [0.5, 0.6) is 0 Å². The van der Waals surface area contributed by atoms with Crippen LogP contribution in [-0.4, -0.2) is 54.3 Å². The first-order chi connectivity index (χ1) is 17.1. The molecule has 2 aliphatic rings. The van der Waals surface area contributed by atoms with E-state index in [1.54, 1.807) is 12.1 Å². The van der Waals surface area contributed by atoms with E-state index in [0.717, 1.165) is 57.0 Å². The van der Waals surface area contributed by atoms with E-state index in [0.29, 0.717) is 17.5 Å². The highest BCUT2D eigenvalue weighted by Gasteiger charge is 2.35. The van der Waals surface area contributed by atoms with Crippen LogP contribution in [-0.2, 0) is 11.0 Å². The Balaban J connectivity index is 1.16. The highest BCUT2D eigenvalue weighted by molar-refractivity contribution is 5.96. The van der Waals surface area contributed by atoms with E-state index in [2.05, 4.69) is 15.5 Å². The lowest BCUT2D eigenvalue weighted by atomic mass is 9.80. The number of halogens is 3. The standard InChI is InChI=1S/C26H29F3N4O3/c27-26(28,29)20-3-1-2-19(12-20)25(36)31-13-23(34)32-21-14-33(15-21)22-10-8-17(9-11-22)16-4-6-18(7-5-16)24(30)35/h1-7,12,17,21-22H,8-11,13-15H2,(H2,30,35)(H,31,36)(H,32,34). The van der Waals surface area contributed by atoms with Gasteiger partial charge in [-0.25, -0.2) is 0 Å². The second kappa shape index (κ2) is 10.7. The molecule has 1 heterocycles. The van der Waals surface area contributed by atoms with Gasteiger partial charge in [-0.15, -0.1) is 0 Å². The second-order valence-electron chi connectivity index (χ2n) is 9.47. The summed E-state index contributed by atoms with van der Waals surface area (Å²) in [5, 5.41) is 5.24. The summed E-state index contributed by atoms with van der Waals surface area (Å²) in [6, 6.07) is 12.0. The number of alkyl halides is 3. The van der Waals surface area contributed by atoms with Gasteiger partial charge in [0.05, 0.1) is 18.2 Å². The van der Waals surface area contributed by atoms with Crippen LogP contribution in [0.3, 0.4) is 0 Å². The van der Waals surface area contributed by atoms with Crippen molar-refractivity contribution in [3.05, 3.63) is 70.8 Å². The average molecular weight is 503 g/mol. The topological polar surface area (TPSA) is 105 Å². The number of hydrogen-bond donors (Lipinski definition) is 3. The SMILES string of the molecule is NC(=O)c1ccc(C2CCC(N3CC(NC(=O)CNC(=O)c4cccc(C(F)(F)F)c4)C3)CC2)cc1. The van der Waals surface area contributed by atoms with Crippen LogP contribution in [0.25, 0.3) is 0 Å². The predicted octanol–water partition coefficient (Wildman–Crippen LogP) is 3.06. The summed E-state index contributed by atoms with van der Waals surface area (Å²) in [4.78, 5) is 37.9. The van der Waals surface area contributed by atoms with Crippen LogP contribution < -0.4 is 16.4 Å². The van der Waals surface area contributed by atoms with E-state index in [-0.39, 0.29) is 24.1 Å². The molecule has 0 bridgehead atoms. The maximum absolute atomic E-state index is 12.8. The molecule has 4 N–H and O–H groups in total. The fourth-order valence-electron chi connectivity index (χ4n) is 4.97. The van der Waals surface area contributed by atoms with Crippen molar-refractivity contribution in [2.45, 2.75) is 49.9 Å². The Bertz CT molecular complexity index is 1110. The molecule has 0 spiro atoms. The molecule has 3 amide bonds. The number of nitrogens with one attached hydrogen (secondary N) is 2. The third-order valence-corrected chi connectivity index (χ3v) is 7.02. The first kappa shape index (κ1) is 25.7. The van der Waals surface area contributed by atoms with Gasteiger partial charge in [0.1, 0.15) is 0 Å². The van der Waals surface area contributed by atoms with E-state index >= 15 is 0 Å². The molecular formula is C26H29F3N4O3. The minimum Gasteiger partial charge on any atom is -0.366 e. The van der Waals surface area contributed by atoms with E-state index in [1.165, 1.54) is 11.6 Å². The maximum Gasteiger partial charge on any atom is 0.416 e. The summed E-state index contributed by atoms with van der Waals surface area (Å²) in [5.74, 6) is -1.07. The van der Waals surface area contributed by atoms with Crippen molar-refractivity contribution >= 4 is 17.7 Å². The molecule has 0 aromatic heterocycles. The lowest BCUT2D eigenvalue weighted by Crippen LogP contribution is -2.63. The fraction of sp³-hybridized carbons (Fsp3) is 0.423. The van der Waals surface area contributed by atoms with Crippen molar-refractivity contribution in [3.63, 3.8) is 0 Å². The summed E-state index contributed by atoms with van der Waals surface area (Å²) in [5.41, 5.74) is 5.98. The fourth-order valence-corrected chi connectivity index (χ4v) is 4.97. The highest BCUT2D eigenvalue weighted by Crippen LogP contribution is 2.36. The third-order valence-electron chi connectivity index (χ3n) is 7.02. The van der Waals surface area contributed by atoms with Gasteiger partial charge in [-0.2, -0.15) is 13.2 Å². The number of nitrogens with zero attached hydrogens (tertiary/aromatic N) is 1. The molecule has 36 heavy (non-hydrogen) atoms.